The van der Waals surface area contributed by atoms with Crippen LogP contribution < -0.4 is 9.62 Å². The fraction of sp³-hybridized carbons (Fsp3) is 0.133. The summed E-state index contributed by atoms with van der Waals surface area (Å²) in [5.41, 5.74) is 0.734. The van der Waals surface area contributed by atoms with Crippen molar-refractivity contribution in [2.24, 2.45) is 0 Å². The number of sulfonamides is 1. The lowest BCUT2D eigenvalue weighted by Gasteiger charge is -2.23. The molecule has 0 saturated heterocycles. The summed E-state index contributed by atoms with van der Waals surface area (Å²) in [6, 6.07) is 11.4. The highest BCUT2D eigenvalue weighted by Gasteiger charge is 2.23. The van der Waals surface area contributed by atoms with Crippen molar-refractivity contribution in [3.63, 3.8) is 0 Å². The first-order chi connectivity index (χ1) is 11.2. The average Bonchev–Trinajstić information content (AvgIpc) is 2.44. The molecule has 0 radical (unpaired) electrons. The van der Waals surface area contributed by atoms with Crippen LogP contribution in [0.5, 0.6) is 0 Å². The van der Waals surface area contributed by atoms with E-state index in [2.05, 4.69) is 21.2 Å². The summed E-state index contributed by atoms with van der Waals surface area (Å²) in [4.78, 5) is 12.2. The lowest BCUT2D eigenvalue weighted by atomic mass is 10.3. The minimum atomic E-state index is -3.71. The van der Waals surface area contributed by atoms with Crippen LogP contribution in [0.15, 0.2) is 46.9 Å². The molecule has 0 atom stereocenters. The van der Waals surface area contributed by atoms with E-state index in [0.717, 1.165) is 15.0 Å². The molecule has 2 aromatic carbocycles. The average molecular weight is 452 g/mol. The standard InChI is InChI=1S/C15H13BrCl2N2O3S/c1-24(22,23)20(14-6-5-11(17)8-13(14)18)9-15(21)19-12-4-2-3-10(16)7-12/h2-8H,9H2,1H3,(H,19,21). The van der Waals surface area contributed by atoms with Crippen LogP contribution in [-0.4, -0.2) is 27.1 Å². The Morgan fingerprint density at radius 2 is 1.92 bits per heavy atom. The molecule has 0 aliphatic rings. The van der Waals surface area contributed by atoms with Crippen molar-refractivity contribution in [1.29, 1.82) is 0 Å². The summed E-state index contributed by atoms with van der Waals surface area (Å²) >= 11 is 15.2. The first-order valence-electron chi connectivity index (χ1n) is 6.65. The maximum Gasteiger partial charge on any atom is 0.245 e. The molecule has 0 aromatic heterocycles. The maximum absolute atomic E-state index is 12.2. The predicted molar refractivity (Wildman–Crippen MR) is 101 cm³/mol. The third-order valence-corrected chi connectivity index (χ3v) is 5.13. The first kappa shape index (κ1) is 19.1. The molecule has 0 aliphatic carbocycles. The topological polar surface area (TPSA) is 66.5 Å². The van der Waals surface area contributed by atoms with E-state index in [4.69, 9.17) is 23.2 Å². The summed E-state index contributed by atoms with van der Waals surface area (Å²) in [5.74, 6) is -0.496. The Labute approximate surface area is 158 Å². The number of benzene rings is 2. The van der Waals surface area contributed by atoms with E-state index in [1.54, 1.807) is 18.2 Å². The van der Waals surface area contributed by atoms with Crippen molar-refractivity contribution in [3.05, 3.63) is 57.0 Å². The largest absolute Gasteiger partial charge is 0.324 e. The first-order valence-corrected chi connectivity index (χ1v) is 10.0. The number of nitrogens with one attached hydrogen (secondary N) is 1. The van der Waals surface area contributed by atoms with E-state index >= 15 is 0 Å². The van der Waals surface area contributed by atoms with Crippen molar-refractivity contribution in [3.8, 4) is 0 Å². The van der Waals surface area contributed by atoms with Crippen LogP contribution in [-0.2, 0) is 14.8 Å². The number of rotatable bonds is 5. The van der Waals surface area contributed by atoms with Crippen LogP contribution in [0.4, 0.5) is 11.4 Å². The maximum atomic E-state index is 12.2. The van der Waals surface area contributed by atoms with Gasteiger partial charge in [-0.05, 0) is 36.4 Å². The third kappa shape index (κ3) is 5.11. The van der Waals surface area contributed by atoms with Crippen molar-refractivity contribution in [2.45, 2.75) is 0 Å². The number of anilines is 2. The fourth-order valence-corrected chi connectivity index (χ4v) is 3.79. The van der Waals surface area contributed by atoms with Gasteiger partial charge in [-0.2, -0.15) is 0 Å². The Morgan fingerprint density at radius 1 is 1.21 bits per heavy atom. The molecule has 0 aliphatic heterocycles. The van der Waals surface area contributed by atoms with Gasteiger partial charge in [0, 0.05) is 15.2 Å². The molecule has 2 aromatic rings. The van der Waals surface area contributed by atoms with E-state index in [0.29, 0.717) is 10.7 Å². The van der Waals surface area contributed by atoms with Gasteiger partial charge in [-0.1, -0.05) is 45.2 Å². The van der Waals surface area contributed by atoms with Gasteiger partial charge in [-0.25, -0.2) is 8.42 Å². The minimum absolute atomic E-state index is 0.142. The summed E-state index contributed by atoms with van der Waals surface area (Å²) in [6.45, 7) is -0.410. The van der Waals surface area contributed by atoms with Crippen molar-refractivity contribution in [2.75, 3.05) is 22.4 Å². The highest BCUT2D eigenvalue weighted by atomic mass is 79.9. The van der Waals surface area contributed by atoms with Crippen molar-refractivity contribution >= 4 is 66.4 Å². The molecule has 0 saturated carbocycles. The van der Waals surface area contributed by atoms with E-state index in [1.807, 2.05) is 6.07 Å². The SMILES string of the molecule is CS(=O)(=O)N(CC(=O)Nc1cccc(Br)c1)c1ccc(Cl)cc1Cl. The number of nitrogens with zero attached hydrogens (tertiary/aromatic N) is 1. The van der Waals surface area contributed by atoms with Crippen LogP contribution in [0, 0.1) is 0 Å². The van der Waals surface area contributed by atoms with E-state index in [9.17, 15) is 13.2 Å². The molecule has 0 bridgehead atoms. The van der Waals surface area contributed by atoms with Gasteiger partial charge in [0.2, 0.25) is 15.9 Å². The Morgan fingerprint density at radius 3 is 2.50 bits per heavy atom. The summed E-state index contributed by atoms with van der Waals surface area (Å²) < 4.78 is 25.8. The second kappa shape index (κ2) is 7.74. The van der Waals surface area contributed by atoms with Gasteiger partial charge in [0.1, 0.15) is 6.54 Å². The summed E-state index contributed by atoms with van der Waals surface area (Å²) in [6.07, 6.45) is 1.00. The highest BCUT2D eigenvalue weighted by Crippen LogP contribution is 2.30. The van der Waals surface area contributed by atoms with Gasteiger partial charge < -0.3 is 5.32 Å². The van der Waals surface area contributed by atoms with Gasteiger partial charge in [0.15, 0.2) is 0 Å². The molecular formula is C15H13BrCl2N2O3S. The van der Waals surface area contributed by atoms with E-state index in [1.165, 1.54) is 18.2 Å². The van der Waals surface area contributed by atoms with Gasteiger partial charge in [0.25, 0.3) is 0 Å². The van der Waals surface area contributed by atoms with Gasteiger partial charge in [-0.15, -0.1) is 0 Å². The number of amides is 1. The Bertz CT molecular complexity index is 875. The molecule has 2 rings (SSSR count). The zero-order valence-electron chi connectivity index (χ0n) is 12.5. The molecular weight excluding hydrogens is 439 g/mol. The van der Waals surface area contributed by atoms with E-state index < -0.39 is 22.5 Å². The molecule has 0 fully saturated rings. The molecule has 0 spiro atoms. The Hall–Kier alpha value is -1.28. The fourth-order valence-electron chi connectivity index (χ4n) is 1.96. The summed E-state index contributed by atoms with van der Waals surface area (Å²) in [7, 11) is -3.71. The van der Waals surface area contributed by atoms with Crippen LogP contribution in [0.1, 0.15) is 0 Å². The van der Waals surface area contributed by atoms with Gasteiger partial charge >= 0.3 is 0 Å². The molecule has 128 valence electrons. The highest BCUT2D eigenvalue weighted by molar-refractivity contribution is 9.10. The van der Waals surface area contributed by atoms with Crippen LogP contribution in [0.3, 0.4) is 0 Å². The second-order valence-corrected chi connectivity index (χ2v) is 8.59. The number of carbonyl (C=O) groups is 1. The Kier molecular flexibility index (Phi) is 6.14. The van der Waals surface area contributed by atoms with Crippen LogP contribution >= 0.6 is 39.1 Å². The number of hydrogen-bond donors (Lipinski definition) is 1. The zero-order valence-corrected chi connectivity index (χ0v) is 16.4. The lowest BCUT2D eigenvalue weighted by molar-refractivity contribution is -0.114. The van der Waals surface area contributed by atoms with Gasteiger partial charge in [-0.3, -0.25) is 9.10 Å². The normalized spacial score (nSPS) is 11.2. The zero-order chi connectivity index (χ0) is 17.9. The molecule has 5 nitrogen and oxygen atoms in total. The second-order valence-electron chi connectivity index (χ2n) is 4.92. The molecule has 1 amide bonds. The number of halogens is 3. The quantitative estimate of drug-likeness (QED) is 0.741. The molecule has 0 heterocycles. The smallest absolute Gasteiger partial charge is 0.245 e. The van der Waals surface area contributed by atoms with E-state index in [-0.39, 0.29) is 10.7 Å². The number of carbonyl (C=O) groups excluding carboxylic acids is 1. The third-order valence-electron chi connectivity index (χ3n) is 2.97. The Balaban J connectivity index is 2.25. The minimum Gasteiger partial charge on any atom is -0.324 e. The molecule has 9 heteroatoms. The molecule has 0 unspecified atom stereocenters. The molecule has 1 N–H and O–H groups in total. The molecule has 24 heavy (non-hydrogen) atoms. The monoisotopic (exact) mass is 450 g/mol. The lowest BCUT2D eigenvalue weighted by Crippen LogP contribution is -2.37. The van der Waals surface area contributed by atoms with Crippen LogP contribution in [0.25, 0.3) is 0 Å². The predicted octanol–water partition coefficient (Wildman–Crippen LogP) is 4.16. The van der Waals surface area contributed by atoms with Crippen molar-refractivity contribution in [1.82, 2.24) is 0 Å². The van der Waals surface area contributed by atoms with Crippen LogP contribution in [0.2, 0.25) is 10.0 Å². The summed E-state index contributed by atoms with van der Waals surface area (Å²) in [5, 5.41) is 3.15. The van der Waals surface area contributed by atoms with Crippen molar-refractivity contribution < 1.29 is 13.2 Å². The van der Waals surface area contributed by atoms with Gasteiger partial charge in [0.05, 0.1) is 17.0 Å². The number of hydrogen-bond acceptors (Lipinski definition) is 3.